The van der Waals surface area contributed by atoms with E-state index >= 15 is 0 Å². The van der Waals surface area contributed by atoms with Crippen molar-refractivity contribution < 1.29 is 29.0 Å². The third-order valence-corrected chi connectivity index (χ3v) is 6.28. The van der Waals surface area contributed by atoms with E-state index in [4.69, 9.17) is 4.74 Å². The van der Waals surface area contributed by atoms with E-state index in [1.165, 1.54) is 0 Å². The molecule has 3 N–H and O–H groups in total. The van der Waals surface area contributed by atoms with Crippen molar-refractivity contribution in [1.29, 1.82) is 0 Å². The maximum absolute atomic E-state index is 12.8. The molecule has 9 heteroatoms. The van der Waals surface area contributed by atoms with Crippen molar-refractivity contribution in [1.82, 2.24) is 15.5 Å². The Hall–Kier alpha value is -3.56. The molecule has 0 saturated carbocycles. The van der Waals surface area contributed by atoms with Crippen LogP contribution in [0.5, 0.6) is 5.75 Å². The molecule has 0 spiro atoms. The van der Waals surface area contributed by atoms with Gasteiger partial charge in [-0.15, -0.1) is 0 Å². The minimum atomic E-state index is -1.06. The summed E-state index contributed by atoms with van der Waals surface area (Å²) in [5.41, 5.74) is 1.99. The number of amides is 2. The Morgan fingerprint density at radius 3 is 2.56 bits per heavy atom. The molecule has 1 saturated heterocycles. The highest BCUT2D eigenvalue weighted by atomic mass is 16.5. The van der Waals surface area contributed by atoms with Gasteiger partial charge in [0.05, 0.1) is 11.6 Å². The lowest BCUT2D eigenvalue weighted by molar-refractivity contribution is -0.143. The van der Waals surface area contributed by atoms with E-state index in [-0.39, 0.29) is 17.9 Å². The molecule has 2 aliphatic heterocycles. The van der Waals surface area contributed by atoms with Gasteiger partial charge in [0.15, 0.2) is 0 Å². The number of aliphatic carboxylic acids is 1. The third-order valence-electron chi connectivity index (χ3n) is 6.28. The Morgan fingerprint density at radius 2 is 1.88 bits per heavy atom. The van der Waals surface area contributed by atoms with Gasteiger partial charge in [0.25, 0.3) is 0 Å². The topological polar surface area (TPSA) is 125 Å². The molecule has 34 heavy (non-hydrogen) atoms. The molecule has 1 atom stereocenters. The first-order valence-corrected chi connectivity index (χ1v) is 11.1. The Kier molecular flexibility index (Phi) is 6.49. The first-order valence-electron chi connectivity index (χ1n) is 11.1. The van der Waals surface area contributed by atoms with E-state index in [9.17, 15) is 24.3 Å². The number of ether oxygens (including phenoxy) is 1. The molecule has 9 nitrogen and oxygen atoms in total. The van der Waals surface area contributed by atoms with Gasteiger partial charge in [0, 0.05) is 31.6 Å². The maximum Gasteiger partial charge on any atom is 0.343 e. The number of carbonyl (C=O) groups excluding carboxylic acids is 3. The number of hydrogen-bond donors (Lipinski definition) is 3. The molecule has 0 bridgehead atoms. The molecular weight excluding hydrogens is 438 g/mol. The Bertz CT molecular complexity index is 1140. The maximum atomic E-state index is 12.8. The fraction of sp³-hybridized carbons (Fsp3) is 0.360. The van der Waals surface area contributed by atoms with Crippen molar-refractivity contribution in [2.24, 2.45) is 0 Å². The molecule has 178 valence electrons. The number of carboxylic acid groups (broad SMARTS) is 1. The van der Waals surface area contributed by atoms with Crippen LogP contribution in [0, 0.1) is 0 Å². The number of nitrogens with one attached hydrogen (secondary N) is 2. The number of hydrogen-bond acceptors (Lipinski definition) is 7. The molecule has 2 aromatic rings. The van der Waals surface area contributed by atoms with Crippen LogP contribution in [0.2, 0.25) is 0 Å². The average Bonchev–Trinajstić information content (AvgIpc) is 3.23. The lowest BCUT2D eigenvalue weighted by atomic mass is 10.0. The van der Waals surface area contributed by atoms with Crippen LogP contribution in [0.4, 0.5) is 0 Å². The number of fused-ring (bicyclic) bond motifs is 1. The number of imide groups is 1. The second-order valence-electron chi connectivity index (χ2n) is 9.14. The zero-order valence-electron chi connectivity index (χ0n) is 19.1. The third kappa shape index (κ3) is 5.00. The van der Waals surface area contributed by atoms with E-state index in [0.29, 0.717) is 43.8 Å². The van der Waals surface area contributed by atoms with Gasteiger partial charge in [0.2, 0.25) is 11.8 Å². The SMILES string of the molecule is CC(C)(NCc1ccc(C(=O)Oc2cccc3c2CN(C2CCC(=O)NC2=O)C3)cc1)C(=O)O. The van der Waals surface area contributed by atoms with Crippen LogP contribution < -0.4 is 15.4 Å². The lowest BCUT2D eigenvalue weighted by Crippen LogP contribution is -2.50. The highest BCUT2D eigenvalue weighted by Crippen LogP contribution is 2.33. The quantitative estimate of drug-likeness (QED) is 0.322. The first kappa shape index (κ1) is 23.6. The van der Waals surface area contributed by atoms with Gasteiger partial charge < -0.3 is 9.84 Å². The van der Waals surface area contributed by atoms with Crippen LogP contribution in [0.3, 0.4) is 0 Å². The minimum Gasteiger partial charge on any atom is -0.480 e. The number of piperidine rings is 1. The number of carbonyl (C=O) groups is 4. The molecule has 1 fully saturated rings. The molecule has 2 amide bonds. The number of esters is 1. The van der Waals surface area contributed by atoms with Crippen LogP contribution in [-0.4, -0.2) is 45.3 Å². The summed E-state index contributed by atoms with van der Waals surface area (Å²) in [6.07, 6.45) is 0.781. The molecule has 2 aliphatic rings. The van der Waals surface area contributed by atoms with Gasteiger partial charge in [-0.25, -0.2) is 4.79 Å². The van der Waals surface area contributed by atoms with Crippen LogP contribution in [0.25, 0.3) is 0 Å². The Balaban J connectivity index is 1.41. The fourth-order valence-corrected chi connectivity index (χ4v) is 4.08. The molecule has 0 aliphatic carbocycles. The van der Waals surface area contributed by atoms with Crippen molar-refractivity contribution in [2.45, 2.75) is 57.9 Å². The zero-order valence-corrected chi connectivity index (χ0v) is 19.1. The summed E-state index contributed by atoms with van der Waals surface area (Å²) in [5.74, 6) is -1.53. The summed E-state index contributed by atoms with van der Waals surface area (Å²) in [6, 6.07) is 11.9. The normalized spacial score (nSPS) is 18.4. The van der Waals surface area contributed by atoms with Gasteiger partial charge in [-0.3, -0.25) is 29.9 Å². The van der Waals surface area contributed by atoms with Gasteiger partial charge in [-0.2, -0.15) is 0 Å². The summed E-state index contributed by atoms with van der Waals surface area (Å²) in [6.45, 7) is 4.51. The Labute approximate surface area is 197 Å². The minimum absolute atomic E-state index is 0.250. The van der Waals surface area contributed by atoms with E-state index < -0.39 is 17.5 Å². The molecule has 2 heterocycles. The van der Waals surface area contributed by atoms with Crippen LogP contribution in [0.15, 0.2) is 42.5 Å². The van der Waals surface area contributed by atoms with Gasteiger partial charge in [-0.05, 0) is 49.6 Å². The summed E-state index contributed by atoms with van der Waals surface area (Å²) in [7, 11) is 0. The summed E-state index contributed by atoms with van der Waals surface area (Å²) >= 11 is 0. The molecule has 0 radical (unpaired) electrons. The van der Waals surface area contributed by atoms with Gasteiger partial charge in [0.1, 0.15) is 11.3 Å². The molecule has 4 rings (SSSR count). The number of benzene rings is 2. The largest absolute Gasteiger partial charge is 0.480 e. The van der Waals surface area contributed by atoms with Gasteiger partial charge >= 0.3 is 11.9 Å². The Morgan fingerprint density at radius 1 is 1.15 bits per heavy atom. The number of carboxylic acids is 1. The highest BCUT2D eigenvalue weighted by molar-refractivity contribution is 6.00. The fourth-order valence-electron chi connectivity index (χ4n) is 4.08. The zero-order chi connectivity index (χ0) is 24.5. The standard InChI is InChI=1S/C25H27N3O6/c1-25(2,24(32)33)26-12-15-6-8-16(9-7-15)23(31)34-20-5-3-4-17-13-28(14-18(17)20)19-10-11-21(29)27-22(19)30/h3-9,19,26H,10-14H2,1-2H3,(H,32,33)(H,27,29,30). The molecular formula is C25H27N3O6. The van der Waals surface area contributed by atoms with E-state index in [2.05, 4.69) is 10.6 Å². The van der Waals surface area contributed by atoms with Crippen LogP contribution in [0.1, 0.15) is 53.7 Å². The van der Waals surface area contributed by atoms with Crippen molar-refractivity contribution in [3.05, 3.63) is 64.7 Å². The second kappa shape index (κ2) is 9.36. The molecule has 2 aromatic carbocycles. The highest BCUT2D eigenvalue weighted by Gasteiger charge is 2.36. The van der Waals surface area contributed by atoms with E-state index in [1.54, 1.807) is 44.2 Å². The van der Waals surface area contributed by atoms with Crippen molar-refractivity contribution in [3.63, 3.8) is 0 Å². The lowest BCUT2D eigenvalue weighted by Gasteiger charge is -2.29. The summed E-state index contributed by atoms with van der Waals surface area (Å²) in [4.78, 5) is 49.7. The van der Waals surface area contributed by atoms with Crippen LogP contribution in [-0.2, 0) is 34.0 Å². The van der Waals surface area contributed by atoms with Crippen LogP contribution >= 0.6 is 0 Å². The van der Waals surface area contributed by atoms with E-state index in [0.717, 1.165) is 16.7 Å². The number of rotatable bonds is 7. The smallest absolute Gasteiger partial charge is 0.343 e. The second-order valence-corrected chi connectivity index (χ2v) is 9.14. The number of nitrogens with zero attached hydrogens (tertiary/aromatic N) is 1. The van der Waals surface area contributed by atoms with Crippen molar-refractivity contribution in [2.75, 3.05) is 0 Å². The first-order chi connectivity index (χ1) is 16.1. The summed E-state index contributed by atoms with van der Waals surface area (Å²) < 4.78 is 5.69. The average molecular weight is 466 g/mol. The van der Waals surface area contributed by atoms with Crippen molar-refractivity contribution >= 4 is 23.8 Å². The van der Waals surface area contributed by atoms with E-state index in [1.807, 2.05) is 17.0 Å². The molecule has 1 unspecified atom stereocenters. The van der Waals surface area contributed by atoms with Crippen molar-refractivity contribution in [3.8, 4) is 5.75 Å². The monoisotopic (exact) mass is 465 g/mol. The van der Waals surface area contributed by atoms with Gasteiger partial charge in [-0.1, -0.05) is 24.3 Å². The predicted octanol–water partition coefficient (Wildman–Crippen LogP) is 1.98. The summed E-state index contributed by atoms with van der Waals surface area (Å²) in [5, 5.41) is 14.5. The molecule has 0 aromatic heterocycles. The predicted molar refractivity (Wildman–Crippen MR) is 122 cm³/mol.